The molecule has 0 aliphatic heterocycles. The first-order valence-electron chi connectivity index (χ1n) is 5.73. The molecule has 0 aliphatic carbocycles. The van der Waals surface area contributed by atoms with Crippen molar-refractivity contribution in [3.8, 4) is 11.5 Å². The van der Waals surface area contributed by atoms with Crippen LogP contribution in [0.3, 0.4) is 0 Å². The molecule has 2 aromatic carbocycles. The Bertz CT molecular complexity index is 547. The Kier molecular flexibility index (Phi) is 4.61. The molecule has 2 aromatic rings. The number of carbonyl (C=O) groups excluding carboxylic acids is 1. The third-order valence-electron chi connectivity index (χ3n) is 2.60. The van der Waals surface area contributed by atoms with Crippen LogP contribution in [0.1, 0.15) is 10.4 Å². The zero-order valence-electron chi connectivity index (χ0n) is 10.8. The van der Waals surface area contributed by atoms with E-state index >= 15 is 0 Å². The van der Waals surface area contributed by atoms with Crippen LogP contribution in [-0.2, 0) is 0 Å². The van der Waals surface area contributed by atoms with Gasteiger partial charge in [0.15, 0.2) is 0 Å². The van der Waals surface area contributed by atoms with Gasteiger partial charge < -0.3 is 0 Å². The van der Waals surface area contributed by atoms with E-state index in [1.54, 1.807) is 38.5 Å². The van der Waals surface area contributed by atoms with Crippen molar-refractivity contribution in [3.05, 3.63) is 54.1 Å². The summed E-state index contributed by atoms with van der Waals surface area (Å²) in [4.78, 5) is 12.1. The third kappa shape index (κ3) is 3.60. The maximum atomic E-state index is 12.1. The summed E-state index contributed by atoms with van der Waals surface area (Å²) in [5.41, 5.74) is 0.719. The van der Waals surface area contributed by atoms with Crippen molar-refractivity contribution in [2.24, 2.45) is 0 Å². The Balaban J connectivity index is 2.06. The molecule has 0 aliphatic rings. The normalized spacial score (nSPS) is 10.0. The summed E-state index contributed by atoms with van der Waals surface area (Å²) >= 11 is -0.221. The molecule has 0 bridgehead atoms. The molecule has 0 fully saturated rings. The van der Waals surface area contributed by atoms with Gasteiger partial charge in [-0.2, -0.15) is 0 Å². The van der Waals surface area contributed by atoms with Crippen molar-refractivity contribution in [2.45, 2.75) is 0 Å². The van der Waals surface area contributed by atoms with Crippen LogP contribution in [0, 0.1) is 0 Å². The van der Waals surface area contributed by atoms with Gasteiger partial charge in [-0.3, -0.25) is 0 Å². The summed E-state index contributed by atoms with van der Waals surface area (Å²) in [5.74, 6) is 1.56. The van der Waals surface area contributed by atoms with Gasteiger partial charge in [0.2, 0.25) is 0 Å². The molecule has 4 heteroatoms. The van der Waals surface area contributed by atoms with Gasteiger partial charge in [-0.15, -0.1) is 0 Å². The standard InChI is InChI=1S/C15H14O3Se/c1-17-12-5-3-11(4-6-12)15(16)19-14-9-7-13(18-2)8-10-14/h3-10H,1-2H3. The number of hydrogen-bond donors (Lipinski definition) is 0. The van der Waals surface area contributed by atoms with Gasteiger partial charge in [0, 0.05) is 0 Å². The van der Waals surface area contributed by atoms with E-state index in [0.29, 0.717) is 0 Å². The molecule has 0 spiro atoms. The number of carbonyl (C=O) groups is 1. The second-order valence-electron chi connectivity index (χ2n) is 3.79. The van der Waals surface area contributed by atoms with Crippen molar-refractivity contribution in [1.29, 1.82) is 0 Å². The van der Waals surface area contributed by atoms with Gasteiger partial charge in [0.05, 0.1) is 0 Å². The Hall–Kier alpha value is -1.77. The van der Waals surface area contributed by atoms with Crippen molar-refractivity contribution in [1.82, 2.24) is 0 Å². The van der Waals surface area contributed by atoms with Crippen molar-refractivity contribution in [3.63, 3.8) is 0 Å². The molecule has 0 atom stereocenters. The van der Waals surface area contributed by atoms with E-state index in [9.17, 15) is 4.79 Å². The minimum atomic E-state index is -0.221. The van der Waals surface area contributed by atoms with E-state index in [4.69, 9.17) is 9.47 Å². The fraction of sp³-hybridized carbons (Fsp3) is 0.133. The summed E-state index contributed by atoms with van der Waals surface area (Å²) in [6.45, 7) is 0. The van der Waals surface area contributed by atoms with Crippen LogP contribution in [-0.4, -0.2) is 33.9 Å². The van der Waals surface area contributed by atoms with Gasteiger partial charge in [0.1, 0.15) is 0 Å². The topological polar surface area (TPSA) is 35.5 Å². The second-order valence-corrected chi connectivity index (χ2v) is 5.99. The van der Waals surface area contributed by atoms with E-state index in [-0.39, 0.29) is 19.6 Å². The Morgan fingerprint density at radius 2 is 1.32 bits per heavy atom. The molecule has 0 unspecified atom stereocenters. The van der Waals surface area contributed by atoms with E-state index in [0.717, 1.165) is 21.5 Å². The average molecular weight is 321 g/mol. The van der Waals surface area contributed by atoms with E-state index in [1.165, 1.54) is 0 Å². The van der Waals surface area contributed by atoms with Crippen LogP contribution in [0.2, 0.25) is 0 Å². The second kappa shape index (κ2) is 6.41. The van der Waals surface area contributed by atoms with Gasteiger partial charge in [-0.25, -0.2) is 0 Å². The molecular formula is C15H14O3Se. The van der Waals surface area contributed by atoms with Crippen molar-refractivity contribution >= 4 is 24.1 Å². The molecule has 0 aromatic heterocycles. The molecule has 0 saturated heterocycles. The predicted octanol–water partition coefficient (Wildman–Crippen LogP) is 1.87. The monoisotopic (exact) mass is 322 g/mol. The zero-order chi connectivity index (χ0) is 13.7. The van der Waals surface area contributed by atoms with Crippen molar-refractivity contribution < 1.29 is 14.3 Å². The van der Waals surface area contributed by atoms with Crippen LogP contribution >= 0.6 is 0 Å². The van der Waals surface area contributed by atoms with E-state index in [1.807, 2.05) is 24.3 Å². The maximum absolute atomic E-state index is 12.1. The zero-order valence-corrected chi connectivity index (χ0v) is 12.5. The quantitative estimate of drug-likeness (QED) is 0.789. The summed E-state index contributed by atoms with van der Waals surface area (Å²) < 4.78 is 11.4. The number of methoxy groups -OCH3 is 2. The molecule has 0 heterocycles. The Morgan fingerprint density at radius 3 is 1.79 bits per heavy atom. The fourth-order valence-electron chi connectivity index (χ4n) is 1.54. The van der Waals surface area contributed by atoms with Crippen LogP contribution < -0.4 is 13.9 Å². The number of hydrogen-bond acceptors (Lipinski definition) is 3. The van der Waals surface area contributed by atoms with Crippen LogP contribution in [0.4, 0.5) is 0 Å². The van der Waals surface area contributed by atoms with Crippen molar-refractivity contribution in [2.75, 3.05) is 14.2 Å². The first-order chi connectivity index (χ1) is 9.22. The Morgan fingerprint density at radius 1 is 0.842 bits per heavy atom. The Labute approximate surface area is 118 Å². The predicted molar refractivity (Wildman–Crippen MR) is 75.7 cm³/mol. The summed E-state index contributed by atoms with van der Waals surface area (Å²) in [6.07, 6.45) is 0. The first-order valence-corrected chi connectivity index (χ1v) is 7.44. The molecule has 0 amide bonds. The number of rotatable bonds is 5. The van der Waals surface area contributed by atoms with Gasteiger partial charge >= 0.3 is 118 Å². The van der Waals surface area contributed by atoms with E-state index in [2.05, 4.69) is 0 Å². The molecule has 0 saturated carbocycles. The molecule has 3 nitrogen and oxygen atoms in total. The van der Waals surface area contributed by atoms with Crippen LogP contribution in [0.15, 0.2) is 48.5 Å². The molecule has 0 radical (unpaired) electrons. The third-order valence-corrected chi connectivity index (χ3v) is 4.54. The van der Waals surface area contributed by atoms with Crippen LogP contribution in [0.5, 0.6) is 11.5 Å². The molecule has 19 heavy (non-hydrogen) atoms. The number of benzene rings is 2. The van der Waals surface area contributed by atoms with Gasteiger partial charge in [0.25, 0.3) is 0 Å². The fourth-order valence-corrected chi connectivity index (χ4v) is 3.09. The van der Waals surface area contributed by atoms with Crippen LogP contribution in [0.25, 0.3) is 0 Å². The molecule has 2 rings (SSSR count). The summed E-state index contributed by atoms with van der Waals surface area (Å²) in [6, 6.07) is 14.8. The molecule has 0 N–H and O–H groups in total. The van der Waals surface area contributed by atoms with E-state index < -0.39 is 0 Å². The summed E-state index contributed by atoms with van der Waals surface area (Å²) in [5, 5.41) is 0. The molecule has 98 valence electrons. The number of ether oxygens (including phenoxy) is 2. The average Bonchev–Trinajstić information content (AvgIpc) is 2.48. The summed E-state index contributed by atoms with van der Waals surface area (Å²) in [7, 11) is 3.24. The minimum absolute atomic E-state index is 0.153. The molecular weight excluding hydrogens is 307 g/mol. The van der Waals surface area contributed by atoms with Gasteiger partial charge in [-0.1, -0.05) is 0 Å². The SMILES string of the molecule is COc1ccc([Se]C(=O)c2ccc(OC)cc2)cc1. The first kappa shape index (κ1) is 13.7. The van der Waals surface area contributed by atoms with Gasteiger partial charge in [-0.05, 0) is 0 Å².